The highest BCUT2D eigenvalue weighted by Gasteiger charge is 2.42. The van der Waals surface area contributed by atoms with E-state index in [0.29, 0.717) is 0 Å². The Morgan fingerprint density at radius 1 is 0.762 bits per heavy atom. The van der Waals surface area contributed by atoms with Crippen molar-refractivity contribution in [2.24, 2.45) is 0 Å². The second-order valence-electron chi connectivity index (χ2n) is 4.67. The molecule has 2 heterocycles. The van der Waals surface area contributed by atoms with Gasteiger partial charge >= 0.3 is 0 Å². The molecule has 0 aromatic heterocycles. The highest BCUT2D eigenvalue weighted by atomic mass is 16.7. The van der Waals surface area contributed by atoms with Crippen molar-refractivity contribution in [2.45, 2.75) is 49.2 Å². The minimum atomic E-state index is -1.38. The molecular formula is C11H22O10. The molecule has 0 spiro atoms. The van der Waals surface area contributed by atoms with E-state index in [1.807, 2.05) is 0 Å². The van der Waals surface area contributed by atoms with Crippen LogP contribution in [0.15, 0.2) is 0 Å². The molecule has 0 bridgehead atoms. The summed E-state index contributed by atoms with van der Waals surface area (Å²) >= 11 is 0. The van der Waals surface area contributed by atoms with E-state index >= 15 is 0 Å². The lowest BCUT2D eigenvalue weighted by atomic mass is 10.1. The first-order valence-corrected chi connectivity index (χ1v) is 6.33. The van der Waals surface area contributed by atoms with E-state index in [0.717, 1.165) is 0 Å². The van der Waals surface area contributed by atoms with Gasteiger partial charge in [0, 0.05) is 7.11 Å². The van der Waals surface area contributed by atoms with E-state index in [2.05, 4.69) is 9.47 Å². The number of rotatable bonds is 3. The van der Waals surface area contributed by atoms with E-state index in [4.69, 9.17) is 40.5 Å². The molecule has 0 amide bonds. The van der Waals surface area contributed by atoms with Crippen LogP contribution in [0.25, 0.3) is 0 Å². The van der Waals surface area contributed by atoms with Gasteiger partial charge in [0.1, 0.15) is 36.6 Å². The predicted octanol–water partition coefficient (Wildman–Crippen LogP) is -4.51. The van der Waals surface area contributed by atoms with Crippen LogP contribution in [0, 0.1) is 0 Å². The van der Waals surface area contributed by atoms with E-state index in [1.165, 1.54) is 7.11 Å². The molecule has 2 fully saturated rings. The number of methoxy groups -OCH3 is 1. The minimum Gasteiger partial charge on any atom is -0.394 e. The molecule has 126 valence electrons. The Balaban J connectivity index is 0.000000211. The van der Waals surface area contributed by atoms with Gasteiger partial charge in [0.25, 0.3) is 0 Å². The molecule has 21 heavy (non-hydrogen) atoms. The highest BCUT2D eigenvalue weighted by Crippen LogP contribution is 2.21. The molecule has 10 nitrogen and oxygen atoms in total. The molecule has 0 aromatic rings. The summed E-state index contributed by atoms with van der Waals surface area (Å²) in [6.07, 6.45) is -8.46. The van der Waals surface area contributed by atoms with Crippen LogP contribution in [0.2, 0.25) is 0 Å². The monoisotopic (exact) mass is 314 g/mol. The number of ether oxygens (including phenoxy) is 3. The molecule has 7 N–H and O–H groups in total. The van der Waals surface area contributed by atoms with Crippen LogP contribution < -0.4 is 0 Å². The average Bonchev–Trinajstić information content (AvgIpc) is 2.91. The van der Waals surface area contributed by atoms with Gasteiger partial charge in [-0.2, -0.15) is 0 Å². The van der Waals surface area contributed by atoms with Crippen LogP contribution in [0.5, 0.6) is 0 Å². The first kappa shape index (κ1) is 18.6. The lowest BCUT2D eigenvalue weighted by Gasteiger charge is -2.11. The fourth-order valence-corrected chi connectivity index (χ4v) is 1.94. The van der Waals surface area contributed by atoms with Crippen molar-refractivity contribution in [1.82, 2.24) is 0 Å². The highest BCUT2D eigenvalue weighted by molar-refractivity contribution is 4.86. The maximum Gasteiger partial charge on any atom is 0.186 e. The second kappa shape index (κ2) is 8.29. The van der Waals surface area contributed by atoms with Gasteiger partial charge in [0.15, 0.2) is 12.6 Å². The zero-order valence-electron chi connectivity index (χ0n) is 11.4. The maximum absolute atomic E-state index is 9.15. The molecule has 0 aromatic carbocycles. The molecule has 2 aliphatic rings. The Morgan fingerprint density at radius 3 is 1.48 bits per heavy atom. The quantitative estimate of drug-likeness (QED) is 0.269. The fourth-order valence-electron chi connectivity index (χ4n) is 1.94. The smallest absolute Gasteiger partial charge is 0.186 e. The normalized spacial score (nSPS) is 46.3. The summed E-state index contributed by atoms with van der Waals surface area (Å²) in [5.74, 6) is 0. The fraction of sp³-hybridized carbons (Fsp3) is 1.00. The molecule has 2 rings (SSSR count). The molecule has 0 radical (unpaired) electrons. The number of aliphatic hydroxyl groups excluding tert-OH is 7. The van der Waals surface area contributed by atoms with Gasteiger partial charge in [0.05, 0.1) is 13.2 Å². The Morgan fingerprint density at radius 2 is 1.24 bits per heavy atom. The third-order valence-corrected chi connectivity index (χ3v) is 3.25. The SMILES string of the molecule is CO[C@@H]1O[C@H](CO)[C@H](O)C1O.OC[C@H]1O[C@@H](O)C(O)[C@H]1O. The van der Waals surface area contributed by atoms with Gasteiger partial charge in [-0.05, 0) is 0 Å². The van der Waals surface area contributed by atoms with Gasteiger partial charge in [-0.25, -0.2) is 0 Å². The van der Waals surface area contributed by atoms with Crippen LogP contribution in [0.3, 0.4) is 0 Å². The van der Waals surface area contributed by atoms with Crippen molar-refractivity contribution in [1.29, 1.82) is 0 Å². The van der Waals surface area contributed by atoms with Crippen molar-refractivity contribution in [3.05, 3.63) is 0 Å². The van der Waals surface area contributed by atoms with Crippen LogP contribution in [0.4, 0.5) is 0 Å². The summed E-state index contributed by atoms with van der Waals surface area (Å²) in [7, 11) is 1.36. The van der Waals surface area contributed by atoms with Crippen LogP contribution in [0.1, 0.15) is 0 Å². The largest absolute Gasteiger partial charge is 0.394 e. The van der Waals surface area contributed by atoms with Crippen molar-refractivity contribution in [3.63, 3.8) is 0 Å². The second-order valence-corrected chi connectivity index (χ2v) is 4.67. The van der Waals surface area contributed by atoms with Gasteiger partial charge in [0.2, 0.25) is 0 Å². The van der Waals surface area contributed by atoms with Gasteiger partial charge in [-0.15, -0.1) is 0 Å². The third kappa shape index (κ3) is 4.29. The zero-order valence-corrected chi connectivity index (χ0v) is 11.4. The molecule has 0 aliphatic carbocycles. The average molecular weight is 314 g/mol. The number of hydrogen-bond acceptors (Lipinski definition) is 10. The summed E-state index contributed by atoms with van der Waals surface area (Å²) in [6, 6.07) is 0. The summed E-state index contributed by atoms with van der Waals surface area (Å²) < 4.78 is 14.1. The third-order valence-electron chi connectivity index (χ3n) is 3.25. The van der Waals surface area contributed by atoms with Crippen molar-refractivity contribution in [2.75, 3.05) is 20.3 Å². The lowest BCUT2D eigenvalue weighted by molar-refractivity contribution is -0.153. The lowest BCUT2D eigenvalue weighted by Crippen LogP contribution is -2.34. The topological polar surface area (TPSA) is 169 Å². The Labute approximate surface area is 120 Å². The molecule has 2 unspecified atom stereocenters. The van der Waals surface area contributed by atoms with Gasteiger partial charge in [-0.1, -0.05) is 0 Å². The van der Waals surface area contributed by atoms with E-state index in [9.17, 15) is 0 Å². The van der Waals surface area contributed by atoms with Crippen molar-refractivity contribution < 1.29 is 50.0 Å². The first-order chi connectivity index (χ1) is 9.87. The van der Waals surface area contributed by atoms with Gasteiger partial charge in [-0.3, -0.25) is 0 Å². The minimum absolute atomic E-state index is 0.321. The van der Waals surface area contributed by atoms with Crippen LogP contribution in [-0.4, -0.2) is 105 Å². The van der Waals surface area contributed by atoms with Crippen LogP contribution >= 0.6 is 0 Å². The predicted molar refractivity (Wildman–Crippen MR) is 64.7 cm³/mol. The Hall–Kier alpha value is -0.400. The molecule has 10 heteroatoms. The van der Waals surface area contributed by atoms with Crippen LogP contribution in [-0.2, 0) is 14.2 Å². The Kier molecular flexibility index (Phi) is 7.36. The van der Waals surface area contributed by atoms with Crippen molar-refractivity contribution >= 4 is 0 Å². The van der Waals surface area contributed by atoms with Gasteiger partial charge < -0.3 is 50.0 Å². The standard InChI is InChI=1S/C6H12O5.C5H10O5/c1-10-6-5(9)4(8)3(2-7)11-6;6-1-2-3(7)4(8)5(9)10-2/h3-9H,2H2,1H3;2-9H,1H2/t3-,4+,5?,6-;2-,3+,4?,5-/m11/s1. The summed E-state index contributed by atoms with van der Waals surface area (Å²) in [5.41, 5.74) is 0. The first-order valence-electron chi connectivity index (χ1n) is 6.33. The molecule has 2 saturated heterocycles. The van der Waals surface area contributed by atoms with Crippen molar-refractivity contribution in [3.8, 4) is 0 Å². The molecule has 2 aliphatic heterocycles. The van der Waals surface area contributed by atoms with E-state index in [1.54, 1.807) is 0 Å². The molecule has 0 saturated carbocycles. The number of hydrogen-bond donors (Lipinski definition) is 7. The molecular weight excluding hydrogens is 292 g/mol. The summed E-state index contributed by atoms with van der Waals surface area (Å²) in [4.78, 5) is 0. The number of aliphatic hydroxyl groups is 7. The van der Waals surface area contributed by atoms with E-state index < -0.39 is 55.8 Å². The summed E-state index contributed by atoms with van der Waals surface area (Å²) in [5, 5.41) is 61.9. The summed E-state index contributed by atoms with van der Waals surface area (Å²) in [6.45, 7) is -0.729. The Bertz CT molecular complexity index is 285. The molecule has 8 atom stereocenters. The van der Waals surface area contributed by atoms with E-state index in [-0.39, 0.29) is 6.61 Å². The zero-order chi connectivity index (χ0) is 16.2. The maximum atomic E-state index is 9.15.